The number of benzene rings is 2. The monoisotopic (exact) mass is 447 g/mol. The smallest absolute Gasteiger partial charge is 0.352 e. The Morgan fingerprint density at radius 2 is 1.81 bits per heavy atom. The highest BCUT2D eigenvalue weighted by Crippen LogP contribution is 2.32. The molecule has 32 heavy (non-hydrogen) atoms. The zero-order valence-electron chi connectivity index (χ0n) is 18.0. The number of carbonyl (C=O) groups excluding carboxylic acids is 2. The summed E-state index contributed by atoms with van der Waals surface area (Å²) in [6, 6.07) is 13.9. The Morgan fingerprint density at radius 1 is 1.06 bits per heavy atom. The van der Waals surface area contributed by atoms with Gasteiger partial charge in [-0.15, -0.1) is 0 Å². The van der Waals surface area contributed by atoms with Crippen molar-refractivity contribution < 1.29 is 22.8 Å². The Kier molecular flexibility index (Phi) is 7.77. The lowest BCUT2D eigenvalue weighted by Crippen LogP contribution is -2.46. The fraction of sp³-hybridized carbons (Fsp3) is 0.417. The Morgan fingerprint density at radius 3 is 2.50 bits per heavy atom. The van der Waals surface area contributed by atoms with Gasteiger partial charge in [0.15, 0.2) is 0 Å². The second-order valence-corrected chi connectivity index (χ2v) is 8.14. The Hall–Kier alpha value is -3.03. The molecule has 2 aromatic carbocycles. The van der Waals surface area contributed by atoms with Crippen molar-refractivity contribution in [1.82, 2.24) is 10.2 Å². The van der Waals surface area contributed by atoms with Gasteiger partial charge >= 0.3 is 12.2 Å². The van der Waals surface area contributed by atoms with Gasteiger partial charge in [-0.2, -0.15) is 13.2 Å². The van der Waals surface area contributed by atoms with E-state index < -0.39 is 17.8 Å². The van der Waals surface area contributed by atoms with E-state index in [1.54, 1.807) is 4.90 Å². The molecule has 1 fully saturated rings. The number of hydrogen-bond acceptors (Lipinski definition) is 2. The van der Waals surface area contributed by atoms with Crippen LogP contribution >= 0.6 is 0 Å². The number of anilines is 1. The van der Waals surface area contributed by atoms with Gasteiger partial charge in [0.25, 0.3) is 0 Å². The maximum absolute atomic E-state index is 12.9. The van der Waals surface area contributed by atoms with Gasteiger partial charge in [-0.3, -0.25) is 4.79 Å². The van der Waals surface area contributed by atoms with Crippen LogP contribution in [0.2, 0.25) is 0 Å². The van der Waals surface area contributed by atoms with Crippen molar-refractivity contribution in [3.8, 4) is 0 Å². The molecule has 3 rings (SSSR count). The quantitative estimate of drug-likeness (QED) is 0.632. The van der Waals surface area contributed by atoms with Gasteiger partial charge in [-0.1, -0.05) is 49.7 Å². The van der Waals surface area contributed by atoms with Crippen LogP contribution in [0, 0.1) is 11.8 Å². The molecule has 2 aromatic rings. The first kappa shape index (κ1) is 23.6. The number of halogens is 3. The SMILES string of the molecule is CCC1CN(C(=O)Nc2cccc(C(F)(F)F)c2)CCC1CC(=O)NCc1ccccc1. The molecule has 0 aliphatic carbocycles. The molecule has 2 N–H and O–H groups in total. The zero-order valence-corrected chi connectivity index (χ0v) is 18.0. The molecule has 1 aliphatic heterocycles. The first-order valence-corrected chi connectivity index (χ1v) is 10.8. The van der Waals surface area contributed by atoms with Crippen molar-refractivity contribution in [3.05, 3.63) is 65.7 Å². The standard InChI is InChI=1S/C24H28F3N3O2/c1-2-18-16-30(23(32)29-21-10-6-9-20(14-21)24(25,26)27)12-11-19(18)13-22(31)28-15-17-7-4-3-5-8-17/h3-10,14,18-19H,2,11-13,15-16H2,1H3,(H,28,31)(H,29,32). The zero-order chi connectivity index (χ0) is 23.1. The van der Waals surface area contributed by atoms with Crippen LogP contribution in [0.4, 0.5) is 23.7 Å². The molecule has 1 aliphatic rings. The molecule has 2 unspecified atom stereocenters. The largest absolute Gasteiger partial charge is 0.416 e. The molecule has 3 amide bonds. The third-order valence-electron chi connectivity index (χ3n) is 5.92. The highest BCUT2D eigenvalue weighted by molar-refractivity contribution is 5.89. The van der Waals surface area contributed by atoms with Gasteiger partial charge in [0, 0.05) is 31.7 Å². The maximum Gasteiger partial charge on any atom is 0.416 e. The van der Waals surface area contributed by atoms with Crippen LogP contribution in [0.15, 0.2) is 54.6 Å². The van der Waals surface area contributed by atoms with Gasteiger partial charge < -0.3 is 15.5 Å². The third-order valence-corrected chi connectivity index (χ3v) is 5.92. The number of hydrogen-bond donors (Lipinski definition) is 2. The van der Waals surface area contributed by atoms with Crippen molar-refractivity contribution >= 4 is 17.6 Å². The number of urea groups is 1. The molecule has 2 atom stereocenters. The molecule has 0 radical (unpaired) electrons. The highest BCUT2D eigenvalue weighted by atomic mass is 19.4. The van der Waals surface area contributed by atoms with E-state index in [1.807, 2.05) is 37.3 Å². The van der Waals surface area contributed by atoms with E-state index in [2.05, 4.69) is 10.6 Å². The number of alkyl halides is 3. The average Bonchev–Trinajstić information content (AvgIpc) is 2.78. The summed E-state index contributed by atoms with van der Waals surface area (Å²) in [5, 5.41) is 5.52. The molecule has 1 saturated heterocycles. The van der Waals surface area contributed by atoms with Crippen molar-refractivity contribution in [2.75, 3.05) is 18.4 Å². The normalized spacial score (nSPS) is 18.8. The van der Waals surface area contributed by atoms with E-state index in [9.17, 15) is 22.8 Å². The van der Waals surface area contributed by atoms with E-state index in [0.29, 0.717) is 32.5 Å². The summed E-state index contributed by atoms with van der Waals surface area (Å²) >= 11 is 0. The summed E-state index contributed by atoms with van der Waals surface area (Å²) in [6.07, 6.45) is -2.58. The van der Waals surface area contributed by atoms with Crippen molar-refractivity contribution in [1.29, 1.82) is 0 Å². The molecule has 0 bridgehead atoms. The van der Waals surface area contributed by atoms with Gasteiger partial charge in [0.05, 0.1) is 5.56 Å². The topological polar surface area (TPSA) is 61.4 Å². The number of piperidine rings is 1. The van der Waals surface area contributed by atoms with Crippen molar-refractivity contribution in [3.63, 3.8) is 0 Å². The summed E-state index contributed by atoms with van der Waals surface area (Å²) in [5.74, 6) is 0.297. The molecule has 0 aromatic heterocycles. The minimum atomic E-state index is -4.46. The Balaban J connectivity index is 1.52. The van der Waals surface area contributed by atoms with Crippen LogP contribution in [0.3, 0.4) is 0 Å². The van der Waals surface area contributed by atoms with E-state index in [4.69, 9.17) is 0 Å². The van der Waals surface area contributed by atoms with E-state index >= 15 is 0 Å². The van der Waals surface area contributed by atoms with Crippen LogP contribution in [0.5, 0.6) is 0 Å². The fourth-order valence-electron chi connectivity index (χ4n) is 4.08. The number of nitrogens with one attached hydrogen (secondary N) is 2. The number of rotatable bonds is 6. The van der Waals surface area contributed by atoms with Gasteiger partial charge in [0.2, 0.25) is 5.91 Å². The molecule has 0 spiro atoms. The lowest BCUT2D eigenvalue weighted by molar-refractivity contribution is -0.137. The predicted molar refractivity (Wildman–Crippen MR) is 117 cm³/mol. The van der Waals surface area contributed by atoms with Gasteiger partial charge in [0.1, 0.15) is 0 Å². The number of carbonyl (C=O) groups is 2. The molecule has 5 nitrogen and oxygen atoms in total. The van der Waals surface area contributed by atoms with Crippen molar-refractivity contribution in [2.24, 2.45) is 11.8 Å². The minimum absolute atomic E-state index is 0.0147. The van der Waals surface area contributed by atoms with E-state index in [-0.39, 0.29) is 23.4 Å². The molecular formula is C24H28F3N3O2. The van der Waals surface area contributed by atoms with Crippen LogP contribution in [0.1, 0.15) is 37.3 Å². The fourth-order valence-corrected chi connectivity index (χ4v) is 4.08. The Bertz CT molecular complexity index is 918. The van der Waals surface area contributed by atoms with Crippen molar-refractivity contribution in [2.45, 2.75) is 38.9 Å². The van der Waals surface area contributed by atoms with Crippen LogP contribution in [0.25, 0.3) is 0 Å². The first-order valence-electron chi connectivity index (χ1n) is 10.8. The van der Waals surface area contributed by atoms with E-state index in [0.717, 1.165) is 24.1 Å². The molecule has 8 heteroatoms. The number of amides is 3. The first-order chi connectivity index (χ1) is 15.3. The van der Waals surface area contributed by atoms with Crippen LogP contribution in [-0.2, 0) is 17.5 Å². The Labute approximate surface area is 186 Å². The third kappa shape index (κ3) is 6.48. The minimum Gasteiger partial charge on any atom is -0.352 e. The lowest BCUT2D eigenvalue weighted by Gasteiger charge is -2.38. The van der Waals surface area contributed by atoms with Gasteiger partial charge in [-0.25, -0.2) is 4.79 Å². The summed E-state index contributed by atoms with van der Waals surface area (Å²) in [7, 11) is 0. The van der Waals surface area contributed by atoms with Gasteiger partial charge in [-0.05, 0) is 42.0 Å². The second kappa shape index (κ2) is 10.5. The predicted octanol–water partition coefficient (Wildman–Crippen LogP) is 5.29. The lowest BCUT2D eigenvalue weighted by atomic mass is 9.81. The summed E-state index contributed by atoms with van der Waals surface area (Å²) in [6.45, 7) is 3.43. The molecule has 0 saturated carbocycles. The number of nitrogens with zero attached hydrogens (tertiary/aromatic N) is 1. The number of likely N-dealkylation sites (tertiary alicyclic amines) is 1. The second-order valence-electron chi connectivity index (χ2n) is 8.14. The van der Waals surface area contributed by atoms with Crippen LogP contribution < -0.4 is 10.6 Å². The maximum atomic E-state index is 12.9. The summed E-state index contributed by atoms with van der Waals surface area (Å²) < 4.78 is 38.7. The summed E-state index contributed by atoms with van der Waals surface area (Å²) in [5.41, 5.74) is 0.344. The van der Waals surface area contributed by atoms with E-state index in [1.165, 1.54) is 12.1 Å². The molecular weight excluding hydrogens is 419 g/mol. The highest BCUT2D eigenvalue weighted by Gasteiger charge is 2.33. The summed E-state index contributed by atoms with van der Waals surface area (Å²) in [4.78, 5) is 26.7. The average molecular weight is 448 g/mol. The molecule has 1 heterocycles. The van der Waals surface area contributed by atoms with Crippen LogP contribution in [-0.4, -0.2) is 29.9 Å². The molecule has 172 valence electrons.